The first-order valence-electron chi connectivity index (χ1n) is 9.83. The molecule has 164 valence electrons. The molecule has 3 N–H and O–H groups in total. The van der Waals surface area contributed by atoms with E-state index in [9.17, 15) is 9.59 Å². The Morgan fingerprint density at radius 1 is 0.938 bits per heavy atom. The maximum atomic E-state index is 12.3. The Bertz CT molecular complexity index is 1150. The third-order valence-corrected chi connectivity index (χ3v) is 4.69. The first-order chi connectivity index (χ1) is 15.4. The van der Waals surface area contributed by atoms with Gasteiger partial charge in [-0.25, -0.2) is 0 Å². The van der Waals surface area contributed by atoms with Gasteiger partial charge < -0.3 is 9.47 Å². The van der Waals surface area contributed by atoms with Crippen LogP contribution in [0.5, 0.6) is 11.5 Å². The van der Waals surface area contributed by atoms with Crippen molar-refractivity contribution in [3.8, 4) is 11.5 Å². The van der Waals surface area contributed by atoms with Crippen LogP contribution >= 0.6 is 12.2 Å². The van der Waals surface area contributed by atoms with Crippen LogP contribution in [0.15, 0.2) is 72.8 Å². The van der Waals surface area contributed by atoms with Gasteiger partial charge in [-0.15, -0.1) is 0 Å². The number of benzene rings is 3. The molecule has 0 aliphatic rings. The molecule has 0 fully saturated rings. The number of thiocarbonyl (C=S) groups is 1. The monoisotopic (exact) mass is 449 g/mol. The van der Waals surface area contributed by atoms with E-state index in [1.807, 2.05) is 48.5 Å². The zero-order chi connectivity index (χ0) is 22.9. The number of nitrogens with one attached hydrogen (secondary N) is 3. The Morgan fingerprint density at radius 3 is 2.34 bits per heavy atom. The van der Waals surface area contributed by atoms with Crippen LogP contribution in [-0.2, 0) is 9.59 Å². The van der Waals surface area contributed by atoms with Crippen LogP contribution < -0.4 is 25.6 Å². The van der Waals surface area contributed by atoms with Crippen molar-refractivity contribution in [2.24, 2.45) is 0 Å². The number of ether oxygens (including phenoxy) is 2. The van der Waals surface area contributed by atoms with Crippen LogP contribution in [0.3, 0.4) is 0 Å². The first kappa shape index (κ1) is 22.8. The topological polar surface area (TPSA) is 88.7 Å². The normalized spacial score (nSPS) is 11.6. The van der Waals surface area contributed by atoms with E-state index in [1.54, 1.807) is 38.3 Å². The molecule has 1 atom stereocenters. The highest BCUT2D eigenvalue weighted by atomic mass is 32.1. The Kier molecular flexibility index (Phi) is 7.77. The molecule has 0 aromatic heterocycles. The van der Waals surface area contributed by atoms with Crippen molar-refractivity contribution in [3.63, 3.8) is 0 Å². The molecule has 0 spiro atoms. The molecule has 2 amide bonds. The van der Waals surface area contributed by atoms with Crippen LogP contribution in [0.1, 0.15) is 12.5 Å². The van der Waals surface area contributed by atoms with Gasteiger partial charge in [-0.1, -0.05) is 42.5 Å². The summed E-state index contributed by atoms with van der Waals surface area (Å²) in [6.07, 6.45) is 2.19. The summed E-state index contributed by atoms with van der Waals surface area (Å²) >= 11 is 5.03. The van der Waals surface area contributed by atoms with E-state index in [1.165, 1.54) is 6.08 Å². The van der Waals surface area contributed by atoms with Gasteiger partial charge in [0.05, 0.1) is 7.11 Å². The summed E-state index contributed by atoms with van der Waals surface area (Å²) in [6.45, 7) is 1.62. The molecular formula is C24H23N3O4S. The van der Waals surface area contributed by atoms with Gasteiger partial charge in [0, 0.05) is 6.08 Å². The molecule has 0 saturated heterocycles. The number of methoxy groups -OCH3 is 1. The molecule has 3 aromatic rings. The average Bonchev–Trinajstić information content (AvgIpc) is 2.81. The van der Waals surface area contributed by atoms with Crippen LogP contribution in [0.4, 0.5) is 0 Å². The minimum atomic E-state index is -0.780. The number of hydrogen-bond donors (Lipinski definition) is 3. The molecule has 0 aliphatic heterocycles. The second-order valence-electron chi connectivity index (χ2n) is 6.81. The standard InChI is InChI=1S/C24H23N3O4S/c1-16(31-21-13-10-18-5-3-4-6-19(18)15-21)23(29)26-27-24(32)25-22(28)14-9-17-7-11-20(30-2)12-8-17/h3-16H,1-2H3,(H,26,29)(H2,25,27,28,32)/b14-9+. The average molecular weight is 450 g/mol. The molecule has 1 unspecified atom stereocenters. The lowest BCUT2D eigenvalue weighted by atomic mass is 10.1. The van der Waals surface area contributed by atoms with Gasteiger partial charge in [0.2, 0.25) is 5.91 Å². The van der Waals surface area contributed by atoms with Crippen LogP contribution in [0.2, 0.25) is 0 Å². The lowest BCUT2D eigenvalue weighted by Gasteiger charge is -2.16. The number of amides is 2. The van der Waals surface area contributed by atoms with Gasteiger partial charge in [-0.2, -0.15) is 0 Å². The predicted molar refractivity (Wildman–Crippen MR) is 128 cm³/mol. The first-order valence-corrected chi connectivity index (χ1v) is 10.2. The van der Waals surface area contributed by atoms with Crippen molar-refractivity contribution in [1.82, 2.24) is 16.2 Å². The summed E-state index contributed by atoms with van der Waals surface area (Å²) in [4.78, 5) is 24.3. The van der Waals surface area contributed by atoms with Crippen molar-refractivity contribution in [3.05, 3.63) is 78.4 Å². The molecule has 0 bridgehead atoms. The molecule has 3 aromatic carbocycles. The summed E-state index contributed by atoms with van der Waals surface area (Å²) in [7, 11) is 1.58. The number of rotatable bonds is 6. The summed E-state index contributed by atoms with van der Waals surface area (Å²) in [5, 5.41) is 4.51. The number of carbonyl (C=O) groups is 2. The number of hydrogen-bond acceptors (Lipinski definition) is 5. The molecule has 0 aliphatic carbocycles. The van der Waals surface area contributed by atoms with Crippen molar-refractivity contribution in [2.75, 3.05) is 7.11 Å². The summed E-state index contributed by atoms with van der Waals surface area (Å²) < 4.78 is 10.8. The van der Waals surface area contributed by atoms with E-state index in [2.05, 4.69) is 16.2 Å². The lowest BCUT2D eigenvalue weighted by Crippen LogP contribution is -2.51. The predicted octanol–water partition coefficient (Wildman–Crippen LogP) is 3.35. The summed E-state index contributed by atoms with van der Waals surface area (Å²) in [6, 6.07) is 20.7. The third kappa shape index (κ3) is 6.55. The number of fused-ring (bicyclic) bond motifs is 1. The molecule has 0 radical (unpaired) electrons. The van der Waals surface area contributed by atoms with Crippen molar-refractivity contribution < 1.29 is 19.1 Å². The highest BCUT2D eigenvalue weighted by molar-refractivity contribution is 7.80. The Balaban J connectivity index is 1.44. The lowest BCUT2D eigenvalue weighted by molar-refractivity contribution is -0.128. The summed E-state index contributed by atoms with van der Waals surface area (Å²) in [5.41, 5.74) is 5.74. The van der Waals surface area contributed by atoms with E-state index in [4.69, 9.17) is 21.7 Å². The fraction of sp³-hybridized carbons (Fsp3) is 0.125. The second-order valence-corrected chi connectivity index (χ2v) is 7.22. The van der Waals surface area contributed by atoms with Crippen LogP contribution in [0, 0.1) is 0 Å². The zero-order valence-electron chi connectivity index (χ0n) is 17.6. The van der Waals surface area contributed by atoms with E-state index in [0.717, 1.165) is 22.1 Å². The van der Waals surface area contributed by atoms with Gasteiger partial charge in [-0.3, -0.25) is 25.8 Å². The van der Waals surface area contributed by atoms with E-state index in [-0.39, 0.29) is 5.11 Å². The Hall–Kier alpha value is -3.91. The smallest absolute Gasteiger partial charge is 0.279 e. The molecule has 3 rings (SSSR count). The highest BCUT2D eigenvalue weighted by Crippen LogP contribution is 2.21. The third-order valence-electron chi connectivity index (χ3n) is 4.48. The minimum Gasteiger partial charge on any atom is -0.497 e. The maximum absolute atomic E-state index is 12.3. The quantitative estimate of drug-likeness (QED) is 0.304. The van der Waals surface area contributed by atoms with Crippen LogP contribution in [-0.4, -0.2) is 30.1 Å². The fourth-order valence-corrected chi connectivity index (χ4v) is 2.94. The largest absolute Gasteiger partial charge is 0.497 e. The SMILES string of the molecule is COc1ccc(/C=C/C(=O)NC(=S)NNC(=O)C(C)Oc2ccc3ccccc3c2)cc1. The minimum absolute atomic E-state index is 0.0411. The van der Waals surface area contributed by atoms with Crippen molar-refractivity contribution >= 4 is 46.0 Å². The summed E-state index contributed by atoms with van der Waals surface area (Å²) in [5.74, 6) is 0.425. The maximum Gasteiger partial charge on any atom is 0.279 e. The van der Waals surface area contributed by atoms with Crippen LogP contribution in [0.25, 0.3) is 16.8 Å². The van der Waals surface area contributed by atoms with Gasteiger partial charge in [0.15, 0.2) is 11.2 Å². The van der Waals surface area contributed by atoms with Gasteiger partial charge in [-0.05, 0) is 65.8 Å². The molecule has 7 nitrogen and oxygen atoms in total. The zero-order valence-corrected chi connectivity index (χ0v) is 18.4. The van der Waals surface area contributed by atoms with Crippen molar-refractivity contribution in [2.45, 2.75) is 13.0 Å². The van der Waals surface area contributed by atoms with Gasteiger partial charge in [0.25, 0.3) is 5.91 Å². The molecule has 0 heterocycles. The molecular weight excluding hydrogens is 426 g/mol. The number of hydrazine groups is 1. The van der Waals surface area contributed by atoms with E-state index in [0.29, 0.717) is 5.75 Å². The Morgan fingerprint density at radius 2 is 1.62 bits per heavy atom. The van der Waals surface area contributed by atoms with Crippen molar-refractivity contribution in [1.29, 1.82) is 0 Å². The molecule has 32 heavy (non-hydrogen) atoms. The highest BCUT2D eigenvalue weighted by Gasteiger charge is 2.15. The fourth-order valence-electron chi connectivity index (χ4n) is 2.79. The van der Waals surface area contributed by atoms with E-state index >= 15 is 0 Å². The molecule has 0 saturated carbocycles. The number of carbonyl (C=O) groups excluding carboxylic acids is 2. The second kappa shape index (κ2) is 10.9. The van der Waals surface area contributed by atoms with Gasteiger partial charge >= 0.3 is 0 Å². The van der Waals surface area contributed by atoms with Gasteiger partial charge in [0.1, 0.15) is 11.5 Å². The Labute approximate surface area is 191 Å². The molecule has 8 heteroatoms. The van der Waals surface area contributed by atoms with E-state index < -0.39 is 17.9 Å².